The van der Waals surface area contributed by atoms with E-state index in [1.807, 2.05) is 6.07 Å². The van der Waals surface area contributed by atoms with Crippen LogP contribution in [0.15, 0.2) is 72.8 Å². The molecule has 0 aliphatic heterocycles. The number of hydrogen-bond donors (Lipinski definition) is 2. The second-order valence-electron chi connectivity index (χ2n) is 9.05. The van der Waals surface area contributed by atoms with Crippen LogP contribution in [0.2, 0.25) is 10.0 Å². The van der Waals surface area contributed by atoms with Gasteiger partial charge in [0.1, 0.15) is 11.5 Å². The smallest absolute Gasteiger partial charge is 0.258 e. The largest absolute Gasteiger partial charge is 0.484 e. The third-order valence-electron chi connectivity index (χ3n) is 6.22. The first-order chi connectivity index (χ1) is 18.4. The second kappa shape index (κ2) is 13.3. The molecule has 1 fully saturated rings. The minimum absolute atomic E-state index is 0.0137. The Balaban J connectivity index is 1.20. The number of carbonyl (C=O) groups is 3. The van der Waals surface area contributed by atoms with Gasteiger partial charge in [0.05, 0.1) is 5.56 Å². The Morgan fingerprint density at radius 1 is 0.711 bits per heavy atom. The molecule has 2 N–H and O–H groups in total. The van der Waals surface area contributed by atoms with Crippen LogP contribution in [0.25, 0.3) is 0 Å². The first kappa shape index (κ1) is 27.5. The molecule has 2 amide bonds. The number of rotatable bonds is 10. The van der Waals surface area contributed by atoms with Crippen LogP contribution in [0.4, 0.5) is 0 Å². The molecule has 9 heteroatoms. The van der Waals surface area contributed by atoms with Crippen LogP contribution in [0.5, 0.6) is 11.5 Å². The van der Waals surface area contributed by atoms with Gasteiger partial charge in [0, 0.05) is 27.7 Å². The lowest BCUT2D eigenvalue weighted by molar-refractivity contribution is -0.125. The van der Waals surface area contributed by atoms with E-state index in [0.717, 1.165) is 25.7 Å². The number of amides is 2. The molecule has 3 aromatic rings. The molecule has 0 unspecified atom stereocenters. The summed E-state index contributed by atoms with van der Waals surface area (Å²) in [5.41, 5.74) is 0.803. The molecule has 1 aliphatic carbocycles. The van der Waals surface area contributed by atoms with Crippen molar-refractivity contribution in [3.63, 3.8) is 0 Å². The number of halogens is 2. The number of carbonyl (C=O) groups excluding carboxylic acids is 3. The zero-order chi connectivity index (χ0) is 26.9. The van der Waals surface area contributed by atoms with E-state index >= 15 is 0 Å². The molecular weight excluding hydrogens is 527 g/mol. The minimum Gasteiger partial charge on any atom is -0.484 e. The maximum atomic E-state index is 12.9. The highest BCUT2D eigenvalue weighted by atomic mass is 35.5. The normalized spacial score (nSPS) is 16.8. The number of hydrogen-bond acceptors (Lipinski definition) is 5. The van der Waals surface area contributed by atoms with Gasteiger partial charge in [0.2, 0.25) is 0 Å². The summed E-state index contributed by atoms with van der Waals surface area (Å²) in [5.74, 6) is 0.174. The van der Waals surface area contributed by atoms with Crippen LogP contribution < -0.4 is 20.1 Å². The summed E-state index contributed by atoms with van der Waals surface area (Å²) in [6.45, 7) is -0.301. The molecule has 38 heavy (non-hydrogen) atoms. The lowest BCUT2D eigenvalue weighted by atomic mass is 9.91. The summed E-state index contributed by atoms with van der Waals surface area (Å²) in [7, 11) is 0. The van der Waals surface area contributed by atoms with E-state index in [9.17, 15) is 14.4 Å². The number of ketones is 1. The van der Waals surface area contributed by atoms with Gasteiger partial charge in [-0.15, -0.1) is 0 Å². The van der Waals surface area contributed by atoms with Gasteiger partial charge in [-0.1, -0.05) is 53.5 Å². The zero-order valence-electron chi connectivity index (χ0n) is 20.6. The van der Waals surface area contributed by atoms with E-state index < -0.39 is 0 Å². The summed E-state index contributed by atoms with van der Waals surface area (Å²) in [6.07, 6.45) is 2.94. The van der Waals surface area contributed by atoms with Gasteiger partial charge in [-0.25, -0.2) is 0 Å². The molecule has 3 aromatic carbocycles. The van der Waals surface area contributed by atoms with Crippen LogP contribution in [0.1, 0.15) is 41.6 Å². The Labute approximate surface area is 231 Å². The highest BCUT2D eigenvalue weighted by molar-refractivity contribution is 6.31. The van der Waals surface area contributed by atoms with Crippen molar-refractivity contribution in [2.45, 2.75) is 37.8 Å². The molecule has 7 nitrogen and oxygen atoms in total. The zero-order valence-corrected chi connectivity index (χ0v) is 22.1. The fraction of sp³-hybridized carbons (Fsp3) is 0.276. The molecule has 1 aliphatic rings. The molecule has 0 spiro atoms. The fourth-order valence-electron chi connectivity index (χ4n) is 4.29. The molecule has 1 saturated carbocycles. The standard InChI is InChI=1S/C29H28Cl2N2O5/c30-20-6-13-24(14-7-20)37-17-27(34)32-22-9-11-23(12-10-22)33-28(35)18-38-26-15-8-21(31)16-25(26)29(36)19-4-2-1-3-5-19/h1-8,13-16,22-23H,9-12,17-18H2,(H,32,34)(H,33,35)/t22-,23-. The van der Waals surface area contributed by atoms with Crippen LogP contribution >= 0.6 is 23.2 Å². The summed E-state index contributed by atoms with van der Waals surface area (Å²) in [4.78, 5) is 37.7. The first-order valence-corrected chi connectivity index (χ1v) is 13.1. The van der Waals surface area contributed by atoms with Crippen molar-refractivity contribution in [1.82, 2.24) is 10.6 Å². The Hall–Kier alpha value is -3.55. The monoisotopic (exact) mass is 554 g/mol. The van der Waals surface area contributed by atoms with Gasteiger partial charge >= 0.3 is 0 Å². The maximum Gasteiger partial charge on any atom is 0.258 e. The van der Waals surface area contributed by atoms with Crippen LogP contribution in [0, 0.1) is 0 Å². The van der Waals surface area contributed by atoms with Gasteiger partial charge in [0.15, 0.2) is 19.0 Å². The number of ether oxygens (including phenoxy) is 2. The third-order valence-corrected chi connectivity index (χ3v) is 6.71. The van der Waals surface area contributed by atoms with E-state index in [1.54, 1.807) is 66.7 Å². The van der Waals surface area contributed by atoms with Crippen LogP contribution in [-0.4, -0.2) is 42.9 Å². The molecule has 0 aromatic heterocycles. The number of nitrogens with one attached hydrogen (secondary N) is 2. The molecule has 0 atom stereocenters. The molecular formula is C29H28Cl2N2O5. The Morgan fingerprint density at radius 2 is 1.26 bits per heavy atom. The maximum absolute atomic E-state index is 12.9. The van der Waals surface area contributed by atoms with E-state index in [-0.39, 0.29) is 42.9 Å². The van der Waals surface area contributed by atoms with Crippen molar-refractivity contribution >= 4 is 40.8 Å². The van der Waals surface area contributed by atoms with Gasteiger partial charge in [-0.05, 0) is 68.1 Å². The third kappa shape index (κ3) is 7.97. The summed E-state index contributed by atoms with van der Waals surface area (Å²) < 4.78 is 11.2. The lowest BCUT2D eigenvalue weighted by Crippen LogP contribution is -2.45. The molecule has 0 radical (unpaired) electrons. The molecule has 198 valence electrons. The summed E-state index contributed by atoms with van der Waals surface area (Å²) >= 11 is 12.0. The highest BCUT2D eigenvalue weighted by Crippen LogP contribution is 2.26. The predicted octanol–water partition coefficient (Wildman–Crippen LogP) is 5.23. The van der Waals surface area contributed by atoms with Gasteiger partial charge in [0.25, 0.3) is 11.8 Å². The topological polar surface area (TPSA) is 93.7 Å². The Kier molecular flexibility index (Phi) is 9.62. The van der Waals surface area contributed by atoms with Crippen LogP contribution in [0.3, 0.4) is 0 Å². The van der Waals surface area contributed by atoms with Crippen LogP contribution in [-0.2, 0) is 9.59 Å². The van der Waals surface area contributed by atoms with E-state index in [2.05, 4.69) is 10.6 Å². The number of benzene rings is 3. The van der Waals surface area contributed by atoms with Crippen molar-refractivity contribution in [3.8, 4) is 11.5 Å². The predicted molar refractivity (Wildman–Crippen MR) is 146 cm³/mol. The molecule has 4 rings (SSSR count). The lowest BCUT2D eigenvalue weighted by Gasteiger charge is -2.29. The Bertz CT molecular complexity index is 1260. The van der Waals surface area contributed by atoms with Gasteiger partial charge in [-0.2, -0.15) is 0 Å². The van der Waals surface area contributed by atoms with E-state index in [0.29, 0.717) is 32.7 Å². The average Bonchev–Trinajstić information content (AvgIpc) is 2.93. The molecule has 0 heterocycles. The molecule has 0 saturated heterocycles. The van der Waals surface area contributed by atoms with Crippen molar-refractivity contribution in [1.29, 1.82) is 0 Å². The fourth-order valence-corrected chi connectivity index (χ4v) is 4.59. The first-order valence-electron chi connectivity index (χ1n) is 12.4. The SMILES string of the molecule is O=C(COc1ccc(Cl)cc1)N[C@H]1CC[C@H](NC(=O)COc2ccc(Cl)cc2C(=O)c2ccccc2)CC1. The quantitative estimate of drug-likeness (QED) is 0.335. The summed E-state index contributed by atoms with van der Waals surface area (Å²) in [6, 6.07) is 20.4. The van der Waals surface area contributed by atoms with Gasteiger partial charge in [-0.3, -0.25) is 14.4 Å². The Morgan fingerprint density at radius 3 is 1.87 bits per heavy atom. The summed E-state index contributed by atoms with van der Waals surface area (Å²) in [5, 5.41) is 6.97. The second-order valence-corrected chi connectivity index (χ2v) is 9.92. The van der Waals surface area contributed by atoms with Crippen molar-refractivity contribution < 1.29 is 23.9 Å². The van der Waals surface area contributed by atoms with Crippen molar-refractivity contribution in [3.05, 3.63) is 94.0 Å². The van der Waals surface area contributed by atoms with E-state index in [4.69, 9.17) is 32.7 Å². The van der Waals surface area contributed by atoms with Crippen molar-refractivity contribution in [2.24, 2.45) is 0 Å². The minimum atomic E-state index is -0.276. The average molecular weight is 555 g/mol. The highest BCUT2D eigenvalue weighted by Gasteiger charge is 2.24. The molecule has 0 bridgehead atoms. The van der Waals surface area contributed by atoms with Crippen molar-refractivity contribution in [2.75, 3.05) is 13.2 Å². The van der Waals surface area contributed by atoms with Gasteiger partial charge < -0.3 is 20.1 Å². The van der Waals surface area contributed by atoms with E-state index in [1.165, 1.54) is 0 Å².